The number of carbonyl (C=O) groups excluding carboxylic acids is 1. The number of urea groups is 1. The summed E-state index contributed by atoms with van der Waals surface area (Å²) in [5.41, 5.74) is 10.8. The number of ether oxygens (including phenoxy) is 2. The number of nitrogens with one attached hydrogen (secondary N) is 1. The van der Waals surface area contributed by atoms with Gasteiger partial charge in [-0.15, -0.1) is 0 Å². The van der Waals surface area contributed by atoms with Gasteiger partial charge < -0.3 is 25.4 Å². The number of carbonyl (C=O) groups is 1. The third-order valence-corrected chi connectivity index (χ3v) is 11.1. The van der Waals surface area contributed by atoms with Crippen LogP contribution in [0.15, 0.2) is 144 Å². The lowest BCUT2D eigenvalue weighted by Crippen LogP contribution is -2.69. The summed E-state index contributed by atoms with van der Waals surface area (Å²) in [6, 6.07) is 47.8. The van der Waals surface area contributed by atoms with Crippen LogP contribution in [0.25, 0.3) is 0 Å². The van der Waals surface area contributed by atoms with Crippen molar-refractivity contribution in [2.24, 2.45) is 11.7 Å². The van der Waals surface area contributed by atoms with Crippen LogP contribution in [0.5, 0.6) is 5.75 Å². The minimum atomic E-state index is -0.834. The van der Waals surface area contributed by atoms with Crippen molar-refractivity contribution >= 4 is 27.6 Å². The molecule has 2 aliphatic rings. The fraction of sp³-hybridized carbons (Fsp3) is 0.279. The molecular formula is C43H45BrN4O3. The zero-order valence-electron chi connectivity index (χ0n) is 28.9. The molecular weight excluding hydrogens is 700 g/mol. The fourth-order valence-electron chi connectivity index (χ4n) is 7.91. The molecule has 0 spiro atoms. The number of methoxy groups -OCH3 is 1. The highest BCUT2D eigenvalue weighted by molar-refractivity contribution is 9.10. The minimum absolute atomic E-state index is 0.0605. The molecule has 0 aliphatic carbocycles. The van der Waals surface area contributed by atoms with Crippen LogP contribution in [-0.4, -0.2) is 67.8 Å². The molecule has 5 aromatic carbocycles. The highest BCUT2D eigenvalue weighted by Crippen LogP contribution is 2.46. The van der Waals surface area contributed by atoms with Crippen molar-refractivity contribution in [1.82, 2.24) is 9.80 Å². The molecule has 7 nitrogen and oxygen atoms in total. The van der Waals surface area contributed by atoms with Crippen molar-refractivity contribution < 1.29 is 14.3 Å². The van der Waals surface area contributed by atoms with E-state index < -0.39 is 5.60 Å². The van der Waals surface area contributed by atoms with Gasteiger partial charge in [0.1, 0.15) is 11.4 Å². The van der Waals surface area contributed by atoms with E-state index in [2.05, 4.69) is 123 Å². The van der Waals surface area contributed by atoms with Crippen molar-refractivity contribution in [2.75, 3.05) is 45.2 Å². The standard InChI is InChI=1S/C43H45BrN4O3/c1-50-38-23-21-37(22-24-38)46-42(49)47-26-25-31(27-45)28-48-39(29-47)41(32-17-19-36(44)20-18-32)40(48)30-51-43(33-11-5-2-6-12-33,34-13-7-3-8-14-34)35-15-9-4-10-16-35/h2-24,31,39-41H,25-30,45H2,1H3,(H,46,49)/t31?,39-,40+,41+/m0/s1. The zero-order chi connectivity index (χ0) is 35.2. The first-order valence-corrected chi connectivity index (χ1v) is 18.5. The summed E-state index contributed by atoms with van der Waals surface area (Å²) in [7, 11) is 1.64. The van der Waals surface area contributed by atoms with Crippen molar-refractivity contribution in [2.45, 2.75) is 30.0 Å². The normalized spacial score (nSPS) is 20.7. The molecule has 0 radical (unpaired) electrons. The Labute approximate surface area is 309 Å². The van der Waals surface area contributed by atoms with Gasteiger partial charge in [-0.3, -0.25) is 4.90 Å². The minimum Gasteiger partial charge on any atom is -0.497 e. The number of fused-ring (bicyclic) bond motifs is 1. The lowest BCUT2D eigenvalue weighted by atomic mass is 9.73. The van der Waals surface area contributed by atoms with Gasteiger partial charge in [0.05, 0.1) is 13.7 Å². The number of amides is 2. The topological polar surface area (TPSA) is 80.1 Å². The Morgan fingerprint density at radius 2 is 1.37 bits per heavy atom. The molecule has 3 N–H and O–H groups in total. The predicted molar refractivity (Wildman–Crippen MR) is 207 cm³/mol. The van der Waals surface area contributed by atoms with Crippen LogP contribution >= 0.6 is 15.9 Å². The second-order valence-electron chi connectivity index (χ2n) is 13.5. The average Bonchev–Trinajstić information content (AvgIpc) is 3.17. The van der Waals surface area contributed by atoms with Gasteiger partial charge in [-0.05, 0) is 77.5 Å². The molecule has 1 unspecified atom stereocenters. The lowest BCUT2D eigenvalue weighted by molar-refractivity contribution is -0.107. The number of hydrogen-bond acceptors (Lipinski definition) is 5. The van der Waals surface area contributed by atoms with Crippen LogP contribution in [-0.2, 0) is 10.3 Å². The maximum Gasteiger partial charge on any atom is 0.321 e. The van der Waals surface area contributed by atoms with Crippen molar-refractivity contribution in [3.8, 4) is 5.75 Å². The number of nitrogens with zero attached hydrogens (tertiary/aromatic N) is 2. The number of halogens is 1. The van der Waals surface area contributed by atoms with Crippen molar-refractivity contribution in [1.29, 1.82) is 0 Å². The van der Waals surface area contributed by atoms with Crippen molar-refractivity contribution in [3.63, 3.8) is 0 Å². The van der Waals surface area contributed by atoms with E-state index in [0.29, 0.717) is 26.2 Å². The summed E-state index contributed by atoms with van der Waals surface area (Å²) in [6.07, 6.45) is 0.828. The fourth-order valence-corrected chi connectivity index (χ4v) is 8.17. The van der Waals surface area contributed by atoms with Gasteiger partial charge in [0.25, 0.3) is 0 Å². The van der Waals surface area contributed by atoms with Crippen molar-refractivity contribution in [3.05, 3.63) is 166 Å². The molecule has 0 bridgehead atoms. The van der Waals surface area contributed by atoms with E-state index >= 15 is 0 Å². The number of nitrogens with two attached hydrogens (primary N) is 1. The van der Waals surface area contributed by atoms with Crippen LogP contribution in [0.4, 0.5) is 10.5 Å². The first-order valence-electron chi connectivity index (χ1n) is 17.7. The smallest absolute Gasteiger partial charge is 0.321 e. The SMILES string of the molecule is COc1ccc(NC(=O)N2CCC(CN)CN3[C@H](COC(c4ccccc4)(c4ccccc4)c4ccccc4)[C@H](c4ccc(Br)cc4)[C@@H]3C2)cc1. The molecule has 7 rings (SSSR count). The molecule has 2 amide bonds. The molecule has 2 fully saturated rings. The van der Waals surface area contributed by atoms with Gasteiger partial charge in [0.15, 0.2) is 0 Å². The maximum atomic E-state index is 13.9. The van der Waals surface area contributed by atoms with Gasteiger partial charge in [-0.1, -0.05) is 119 Å². The second-order valence-corrected chi connectivity index (χ2v) is 14.4. The van der Waals surface area contributed by atoms with Gasteiger partial charge in [0.2, 0.25) is 0 Å². The third-order valence-electron chi connectivity index (χ3n) is 10.6. The number of anilines is 1. The molecule has 0 saturated carbocycles. The summed E-state index contributed by atoms with van der Waals surface area (Å²) in [4.78, 5) is 18.4. The molecule has 5 aromatic rings. The number of rotatable bonds is 10. The third kappa shape index (κ3) is 7.32. The van der Waals surface area contributed by atoms with Crippen LogP contribution in [0.3, 0.4) is 0 Å². The molecule has 51 heavy (non-hydrogen) atoms. The Kier molecular flexibility index (Phi) is 10.8. The number of benzene rings is 5. The molecule has 262 valence electrons. The van der Waals surface area contributed by atoms with E-state index in [1.807, 2.05) is 47.4 Å². The first kappa shape index (κ1) is 35.0. The molecule has 8 heteroatoms. The summed E-state index contributed by atoms with van der Waals surface area (Å²) < 4.78 is 13.8. The van der Waals surface area contributed by atoms with Gasteiger partial charge in [0, 0.05) is 47.8 Å². The predicted octanol–water partition coefficient (Wildman–Crippen LogP) is 8.12. The van der Waals surface area contributed by atoms with E-state index in [1.54, 1.807) is 7.11 Å². The molecule has 2 aliphatic heterocycles. The highest BCUT2D eigenvalue weighted by Gasteiger charge is 2.52. The second kappa shape index (κ2) is 15.8. The molecule has 0 aromatic heterocycles. The van der Waals surface area contributed by atoms with Gasteiger partial charge >= 0.3 is 6.03 Å². The van der Waals surface area contributed by atoms with E-state index in [1.165, 1.54) is 5.56 Å². The summed E-state index contributed by atoms with van der Waals surface area (Å²) >= 11 is 3.64. The maximum absolute atomic E-state index is 13.9. The zero-order valence-corrected chi connectivity index (χ0v) is 30.5. The Morgan fingerprint density at radius 1 is 0.804 bits per heavy atom. The van der Waals surface area contributed by atoms with E-state index in [-0.39, 0.29) is 30.0 Å². The largest absolute Gasteiger partial charge is 0.497 e. The quantitative estimate of drug-likeness (QED) is 0.141. The highest BCUT2D eigenvalue weighted by atomic mass is 79.9. The van der Waals surface area contributed by atoms with Crippen LogP contribution in [0.2, 0.25) is 0 Å². The summed E-state index contributed by atoms with van der Waals surface area (Å²) in [5, 5.41) is 3.13. The van der Waals surface area contributed by atoms with Crippen LogP contribution < -0.4 is 15.8 Å². The Balaban J connectivity index is 1.24. The Morgan fingerprint density at radius 3 is 1.90 bits per heavy atom. The average molecular weight is 746 g/mol. The van der Waals surface area contributed by atoms with Crippen LogP contribution in [0, 0.1) is 5.92 Å². The summed E-state index contributed by atoms with van der Waals surface area (Å²) in [6.45, 7) is 3.12. The van der Waals surface area contributed by atoms with Gasteiger partial charge in [-0.2, -0.15) is 0 Å². The molecule has 2 saturated heterocycles. The monoisotopic (exact) mass is 744 g/mol. The van der Waals surface area contributed by atoms with Crippen LogP contribution in [0.1, 0.15) is 34.6 Å². The molecule has 2 heterocycles. The Bertz CT molecular complexity index is 1760. The van der Waals surface area contributed by atoms with E-state index in [0.717, 1.165) is 45.6 Å². The summed E-state index contributed by atoms with van der Waals surface area (Å²) in [5.74, 6) is 1.11. The number of hydrogen-bond donors (Lipinski definition) is 2. The lowest BCUT2D eigenvalue weighted by Gasteiger charge is -2.59. The molecule has 4 atom stereocenters. The first-order chi connectivity index (χ1) is 25.0. The van der Waals surface area contributed by atoms with E-state index in [4.69, 9.17) is 15.2 Å². The van der Waals surface area contributed by atoms with Gasteiger partial charge in [-0.25, -0.2) is 4.79 Å². The van der Waals surface area contributed by atoms with E-state index in [9.17, 15) is 4.79 Å². The Hall–Kier alpha value is -4.47.